The average Bonchev–Trinajstić information content (AvgIpc) is 2.67. The Hall–Kier alpha value is -1.24. The first kappa shape index (κ1) is 14.7. The summed E-state index contributed by atoms with van der Waals surface area (Å²) in [7, 11) is 0. The lowest BCUT2D eigenvalue weighted by Gasteiger charge is -2.23. The summed E-state index contributed by atoms with van der Waals surface area (Å²) in [6.45, 7) is 9.32. The minimum absolute atomic E-state index is 0.237. The Labute approximate surface area is 129 Å². The molecule has 1 saturated heterocycles. The highest BCUT2D eigenvalue weighted by atomic mass is 32.1. The first-order valence-corrected chi connectivity index (χ1v) is 8.31. The van der Waals surface area contributed by atoms with Crippen LogP contribution in [0.2, 0.25) is 0 Å². The van der Waals surface area contributed by atoms with Crippen molar-refractivity contribution in [1.29, 1.82) is 0 Å². The van der Waals surface area contributed by atoms with Crippen molar-refractivity contribution in [3.63, 3.8) is 0 Å². The molecule has 6 heteroatoms. The molecule has 0 atom stereocenters. The number of rotatable bonds is 3. The van der Waals surface area contributed by atoms with E-state index in [2.05, 4.69) is 33.6 Å². The summed E-state index contributed by atoms with van der Waals surface area (Å²) in [5, 5.41) is 10.3. The fourth-order valence-corrected chi connectivity index (χ4v) is 3.94. The molecule has 3 rings (SSSR count). The van der Waals surface area contributed by atoms with E-state index in [0.717, 1.165) is 49.8 Å². The first-order valence-electron chi connectivity index (χ1n) is 7.49. The minimum Gasteiger partial charge on any atom is -0.395 e. The van der Waals surface area contributed by atoms with Gasteiger partial charge < -0.3 is 10.0 Å². The zero-order valence-corrected chi connectivity index (χ0v) is 13.5. The van der Waals surface area contributed by atoms with Gasteiger partial charge in [0.15, 0.2) is 0 Å². The fourth-order valence-electron chi connectivity index (χ4n) is 2.95. The van der Waals surface area contributed by atoms with Crippen LogP contribution in [-0.2, 0) is 0 Å². The van der Waals surface area contributed by atoms with E-state index < -0.39 is 0 Å². The van der Waals surface area contributed by atoms with Crippen LogP contribution in [0.3, 0.4) is 0 Å². The van der Waals surface area contributed by atoms with Crippen molar-refractivity contribution in [3.8, 4) is 0 Å². The smallest absolute Gasteiger partial charge is 0.141 e. The van der Waals surface area contributed by atoms with Gasteiger partial charge in [-0.2, -0.15) is 0 Å². The van der Waals surface area contributed by atoms with Crippen LogP contribution in [0.5, 0.6) is 0 Å². The molecule has 1 aliphatic heterocycles. The van der Waals surface area contributed by atoms with Crippen molar-refractivity contribution in [2.75, 3.05) is 44.2 Å². The lowest BCUT2D eigenvalue weighted by Crippen LogP contribution is -2.32. The standard InChI is InChI=1S/C15H22N4OS/c1-11-12(2)21-15-13(11)14(16-10-17-15)19-5-3-4-18(6-7-19)8-9-20/h10,20H,3-9H2,1-2H3. The highest BCUT2D eigenvalue weighted by molar-refractivity contribution is 7.18. The first-order chi connectivity index (χ1) is 10.2. The number of fused-ring (bicyclic) bond motifs is 1. The van der Waals surface area contributed by atoms with Crippen LogP contribution in [-0.4, -0.2) is 59.3 Å². The van der Waals surface area contributed by atoms with Crippen LogP contribution in [0.25, 0.3) is 10.2 Å². The number of hydrogen-bond donors (Lipinski definition) is 1. The maximum atomic E-state index is 9.10. The molecule has 1 fully saturated rings. The molecule has 0 amide bonds. The number of aromatic nitrogens is 2. The topological polar surface area (TPSA) is 52.5 Å². The predicted octanol–water partition coefficient (Wildman–Crippen LogP) is 1.81. The third-order valence-corrected chi connectivity index (χ3v) is 5.36. The van der Waals surface area contributed by atoms with Crippen LogP contribution in [0.1, 0.15) is 16.9 Å². The highest BCUT2D eigenvalue weighted by Gasteiger charge is 2.20. The summed E-state index contributed by atoms with van der Waals surface area (Å²) >= 11 is 1.75. The summed E-state index contributed by atoms with van der Waals surface area (Å²) in [4.78, 5) is 16.1. The Morgan fingerprint density at radius 1 is 1.19 bits per heavy atom. The van der Waals surface area contributed by atoms with Crippen LogP contribution < -0.4 is 4.90 Å². The van der Waals surface area contributed by atoms with Crippen LogP contribution in [0.4, 0.5) is 5.82 Å². The normalized spacial score (nSPS) is 17.4. The van der Waals surface area contributed by atoms with Crippen molar-refractivity contribution in [1.82, 2.24) is 14.9 Å². The molecule has 3 heterocycles. The number of aliphatic hydroxyl groups excluding tert-OH is 1. The predicted molar refractivity (Wildman–Crippen MR) is 87.2 cm³/mol. The van der Waals surface area contributed by atoms with Gasteiger partial charge >= 0.3 is 0 Å². The van der Waals surface area contributed by atoms with Gasteiger partial charge in [0.1, 0.15) is 17.0 Å². The number of aryl methyl sites for hydroxylation is 2. The van der Waals surface area contributed by atoms with E-state index in [1.165, 1.54) is 15.8 Å². The van der Waals surface area contributed by atoms with Crippen LogP contribution >= 0.6 is 11.3 Å². The van der Waals surface area contributed by atoms with E-state index in [-0.39, 0.29) is 6.61 Å². The van der Waals surface area contributed by atoms with E-state index in [1.54, 1.807) is 17.7 Å². The number of nitrogens with zero attached hydrogens (tertiary/aromatic N) is 4. The number of anilines is 1. The zero-order valence-electron chi connectivity index (χ0n) is 12.7. The van der Waals surface area contributed by atoms with Crippen molar-refractivity contribution < 1.29 is 5.11 Å². The molecule has 1 aliphatic rings. The monoisotopic (exact) mass is 306 g/mol. The molecule has 21 heavy (non-hydrogen) atoms. The Morgan fingerprint density at radius 2 is 2.05 bits per heavy atom. The van der Waals surface area contributed by atoms with Crippen molar-refractivity contribution in [2.45, 2.75) is 20.3 Å². The van der Waals surface area contributed by atoms with Gasteiger partial charge in [-0.3, -0.25) is 4.90 Å². The number of aliphatic hydroxyl groups is 1. The van der Waals surface area contributed by atoms with Gasteiger partial charge in [0.05, 0.1) is 12.0 Å². The third-order valence-electron chi connectivity index (χ3n) is 4.25. The number of hydrogen-bond acceptors (Lipinski definition) is 6. The van der Waals surface area contributed by atoms with E-state index >= 15 is 0 Å². The molecule has 2 aromatic rings. The zero-order chi connectivity index (χ0) is 14.8. The van der Waals surface area contributed by atoms with Gasteiger partial charge in [-0.15, -0.1) is 11.3 Å². The van der Waals surface area contributed by atoms with Gasteiger partial charge in [-0.25, -0.2) is 9.97 Å². The molecular weight excluding hydrogens is 284 g/mol. The summed E-state index contributed by atoms with van der Waals surface area (Å²) in [6.07, 6.45) is 2.79. The van der Waals surface area contributed by atoms with E-state index in [9.17, 15) is 0 Å². The number of thiophene rings is 1. The van der Waals surface area contributed by atoms with Crippen molar-refractivity contribution >= 4 is 27.4 Å². The van der Waals surface area contributed by atoms with E-state index in [4.69, 9.17) is 5.11 Å². The molecule has 5 nitrogen and oxygen atoms in total. The van der Waals surface area contributed by atoms with Crippen LogP contribution in [0, 0.1) is 13.8 Å². The lowest BCUT2D eigenvalue weighted by atomic mass is 10.2. The largest absolute Gasteiger partial charge is 0.395 e. The molecule has 2 aromatic heterocycles. The van der Waals surface area contributed by atoms with Crippen molar-refractivity contribution in [3.05, 3.63) is 16.8 Å². The molecule has 1 N–H and O–H groups in total. The third kappa shape index (κ3) is 2.88. The molecule has 0 radical (unpaired) electrons. The van der Waals surface area contributed by atoms with E-state index in [1.807, 2.05) is 0 Å². The second-order valence-corrected chi connectivity index (χ2v) is 6.77. The Bertz CT molecular complexity index is 627. The fraction of sp³-hybridized carbons (Fsp3) is 0.600. The molecule has 0 bridgehead atoms. The minimum atomic E-state index is 0.237. The van der Waals surface area contributed by atoms with Gasteiger partial charge in [0.25, 0.3) is 0 Å². The van der Waals surface area contributed by atoms with Gasteiger partial charge in [0.2, 0.25) is 0 Å². The maximum Gasteiger partial charge on any atom is 0.141 e. The summed E-state index contributed by atoms with van der Waals surface area (Å²) < 4.78 is 0. The average molecular weight is 306 g/mol. The Morgan fingerprint density at radius 3 is 2.86 bits per heavy atom. The van der Waals surface area contributed by atoms with Gasteiger partial charge in [-0.1, -0.05) is 0 Å². The lowest BCUT2D eigenvalue weighted by molar-refractivity contribution is 0.204. The molecule has 0 saturated carbocycles. The molecule has 0 unspecified atom stereocenters. The summed E-state index contributed by atoms with van der Waals surface area (Å²) in [5.41, 5.74) is 1.31. The Balaban J connectivity index is 1.90. The maximum absolute atomic E-state index is 9.10. The summed E-state index contributed by atoms with van der Waals surface area (Å²) in [5.74, 6) is 1.08. The molecular formula is C15H22N4OS. The SMILES string of the molecule is Cc1sc2ncnc(N3CCCN(CCO)CC3)c2c1C. The quantitative estimate of drug-likeness (QED) is 0.937. The molecule has 0 aromatic carbocycles. The number of β-amino-alcohol motifs (C(OH)–C–C–N with tert-alkyl or cyclic N) is 1. The second kappa shape index (κ2) is 6.25. The van der Waals surface area contributed by atoms with Gasteiger partial charge in [-0.05, 0) is 32.4 Å². The molecule has 0 spiro atoms. The van der Waals surface area contributed by atoms with Gasteiger partial charge in [0, 0.05) is 31.1 Å². The van der Waals surface area contributed by atoms with E-state index in [0.29, 0.717) is 0 Å². The van der Waals surface area contributed by atoms with Crippen molar-refractivity contribution in [2.24, 2.45) is 0 Å². The second-order valence-electron chi connectivity index (χ2n) is 5.57. The van der Waals surface area contributed by atoms with Crippen LogP contribution in [0.15, 0.2) is 6.33 Å². The Kier molecular flexibility index (Phi) is 4.37. The molecule has 114 valence electrons. The summed E-state index contributed by atoms with van der Waals surface area (Å²) in [6, 6.07) is 0. The molecule has 0 aliphatic carbocycles. The highest BCUT2D eigenvalue weighted by Crippen LogP contribution is 2.34.